The molecule has 166 valence electrons. The van der Waals surface area contributed by atoms with Crippen molar-refractivity contribution >= 4 is 22.6 Å². The summed E-state index contributed by atoms with van der Waals surface area (Å²) in [4.78, 5) is 39.3. The smallest absolute Gasteiger partial charge is 0.305 e. The molecule has 2 heterocycles. The Kier molecular flexibility index (Phi) is 5.56. The summed E-state index contributed by atoms with van der Waals surface area (Å²) >= 11 is 0. The van der Waals surface area contributed by atoms with E-state index in [0.717, 1.165) is 10.2 Å². The summed E-state index contributed by atoms with van der Waals surface area (Å²) in [6.45, 7) is 0.304. The number of hydrogen-bond acceptors (Lipinski definition) is 6. The normalized spacial score (nSPS) is 15.3. The highest BCUT2D eigenvalue weighted by Crippen LogP contribution is 2.40. The van der Waals surface area contributed by atoms with Gasteiger partial charge in [0.05, 0.1) is 32.1 Å². The van der Waals surface area contributed by atoms with E-state index in [1.165, 1.54) is 26.2 Å². The van der Waals surface area contributed by atoms with E-state index in [2.05, 4.69) is 5.10 Å². The van der Waals surface area contributed by atoms with Gasteiger partial charge >= 0.3 is 5.97 Å². The first kappa shape index (κ1) is 21.4. The number of aryl methyl sites for hydroxylation is 1. The number of rotatable bonds is 5. The lowest BCUT2D eigenvalue weighted by Crippen LogP contribution is -2.42. The molecule has 0 fully saturated rings. The predicted octanol–water partition coefficient (Wildman–Crippen LogP) is 2.17. The van der Waals surface area contributed by atoms with Crippen LogP contribution in [0.4, 0.5) is 0 Å². The molecule has 0 spiro atoms. The number of benzene rings is 2. The van der Waals surface area contributed by atoms with Gasteiger partial charge in [0, 0.05) is 19.0 Å². The Bertz CT molecular complexity index is 1280. The second-order valence-electron chi connectivity index (χ2n) is 7.59. The van der Waals surface area contributed by atoms with Crippen molar-refractivity contribution in [2.24, 2.45) is 7.05 Å². The predicted molar refractivity (Wildman–Crippen MR) is 116 cm³/mol. The number of hydrogen-bond donors (Lipinski definition) is 1. The van der Waals surface area contributed by atoms with Crippen LogP contribution in [0.1, 0.15) is 34.1 Å². The first-order valence-electron chi connectivity index (χ1n) is 10.1. The number of aromatic nitrogens is 2. The topological polar surface area (TPSA) is 111 Å². The zero-order chi connectivity index (χ0) is 23.0. The lowest BCUT2D eigenvalue weighted by atomic mass is 9.89. The molecule has 1 aliphatic heterocycles. The van der Waals surface area contributed by atoms with Crippen LogP contribution in [0, 0.1) is 0 Å². The highest BCUT2D eigenvalue weighted by atomic mass is 16.5. The fraction of sp³-hybridized carbons (Fsp3) is 0.304. The summed E-state index contributed by atoms with van der Waals surface area (Å²) in [5, 5.41) is 14.6. The number of ether oxygens (including phenoxy) is 2. The Morgan fingerprint density at radius 3 is 2.44 bits per heavy atom. The monoisotopic (exact) mass is 437 g/mol. The van der Waals surface area contributed by atoms with Gasteiger partial charge in [0.15, 0.2) is 17.2 Å². The molecule has 4 rings (SSSR count). The van der Waals surface area contributed by atoms with Gasteiger partial charge in [-0.25, -0.2) is 4.68 Å². The molecule has 2 aromatic carbocycles. The van der Waals surface area contributed by atoms with E-state index in [-0.39, 0.29) is 17.7 Å². The molecule has 1 unspecified atom stereocenters. The Hall–Kier alpha value is -3.88. The van der Waals surface area contributed by atoms with Gasteiger partial charge in [-0.3, -0.25) is 14.4 Å². The third-order valence-corrected chi connectivity index (χ3v) is 5.79. The summed E-state index contributed by atoms with van der Waals surface area (Å²) in [7, 11) is 4.53. The van der Waals surface area contributed by atoms with Gasteiger partial charge < -0.3 is 19.5 Å². The van der Waals surface area contributed by atoms with Gasteiger partial charge in [0.25, 0.3) is 11.5 Å². The van der Waals surface area contributed by atoms with E-state index < -0.39 is 17.9 Å². The molecule has 1 N–H and O–H groups in total. The Morgan fingerprint density at radius 1 is 1.12 bits per heavy atom. The van der Waals surface area contributed by atoms with Gasteiger partial charge in [0.2, 0.25) is 0 Å². The van der Waals surface area contributed by atoms with Gasteiger partial charge in [-0.05, 0) is 35.7 Å². The van der Waals surface area contributed by atoms with Gasteiger partial charge in [-0.1, -0.05) is 18.2 Å². The molecule has 1 aliphatic rings. The lowest BCUT2D eigenvalue weighted by Gasteiger charge is -2.37. The minimum absolute atomic E-state index is 0.113. The highest BCUT2D eigenvalue weighted by molar-refractivity contribution is 6.05. The first-order chi connectivity index (χ1) is 15.3. The van der Waals surface area contributed by atoms with Crippen LogP contribution < -0.4 is 15.0 Å². The zero-order valence-corrected chi connectivity index (χ0v) is 18.0. The average Bonchev–Trinajstić information content (AvgIpc) is 2.80. The molecule has 9 heteroatoms. The third kappa shape index (κ3) is 3.55. The molecule has 3 aromatic rings. The molecule has 0 radical (unpaired) electrons. The number of aliphatic carboxylic acids is 1. The quantitative estimate of drug-likeness (QED) is 0.651. The van der Waals surface area contributed by atoms with Crippen LogP contribution in [0.2, 0.25) is 0 Å². The summed E-state index contributed by atoms with van der Waals surface area (Å²) in [6.07, 6.45) is 0.235. The summed E-state index contributed by atoms with van der Waals surface area (Å²) in [6, 6.07) is 9.61. The van der Waals surface area contributed by atoms with Crippen LogP contribution in [0.15, 0.2) is 41.2 Å². The van der Waals surface area contributed by atoms with Crippen molar-refractivity contribution in [3.63, 3.8) is 0 Å². The number of methoxy groups -OCH3 is 2. The molecule has 32 heavy (non-hydrogen) atoms. The molecular weight excluding hydrogens is 414 g/mol. The number of fused-ring (bicyclic) bond motifs is 2. The third-order valence-electron chi connectivity index (χ3n) is 5.79. The van der Waals surface area contributed by atoms with E-state index >= 15 is 0 Å². The minimum atomic E-state index is -1.03. The standard InChI is InChI=1S/C23H23N3O6/c1-25-22(29)15-7-5-4-6-14(15)21(24-25)23(30)26-9-8-13-10-18(31-2)19(32-3)11-16(13)17(26)12-20(27)28/h4-7,10-11,17H,8-9,12H2,1-3H3,(H,27,28). The highest BCUT2D eigenvalue weighted by Gasteiger charge is 2.35. The number of nitrogens with zero attached hydrogens (tertiary/aromatic N) is 3. The molecule has 0 saturated heterocycles. The fourth-order valence-electron chi connectivity index (χ4n) is 4.25. The zero-order valence-electron chi connectivity index (χ0n) is 18.0. The summed E-state index contributed by atoms with van der Waals surface area (Å²) < 4.78 is 11.9. The molecule has 9 nitrogen and oxygen atoms in total. The van der Waals surface area contributed by atoms with Crippen LogP contribution in [0.5, 0.6) is 11.5 Å². The van der Waals surface area contributed by atoms with E-state index in [0.29, 0.717) is 40.8 Å². The van der Waals surface area contributed by atoms with Crippen molar-refractivity contribution in [2.45, 2.75) is 18.9 Å². The maximum Gasteiger partial charge on any atom is 0.305 e. The molecule has 0 saturated carbocycles. The number of carbonyl (C=O) groups excluding carboxylic acids is 1. The Labute approximate surface area is 183 Å². The van der Waals surface area contributed by atoms with Gasteiger partial charge in [-0.2, -0.15) is 5.10 Å². The van der Waals surface area contributed by atoms with Crippen LogP contribution in [-0.2, 0) is 18.3 Å². The van der Waals surface area contributed by atoms with Crippen molar-refractivity contribution < 1.29 is 24.2 Å². The van der Waals surface area contributed by atoms with E-state index in [4.69, 9.17) is 9.47 Å². The SMILES string of the molecule is COc1cc2c(cc1OC)C(CC(=O)O)N(C(=O)c1nn(C)c(=O)c3ccccc13)CC2. The molecule has 1 amide bonds. The van der Waals surface area contributed by atoms with Crippen LogP contribution in [-0.4, -0.2) is 52.4 Å². The Morgan fingerprint density at radius 2 is 1.78 bits per heavy atom. The van der Waals surface area contributed by atoms with E-state index in [9.17, 15) is 19.5 Å². The number of carboxylic acid groups (broad SMARTS) is 1. The van der Waals surface area contributed by atoms with Crippen molar-refractivity contribution in [1.29, 1.82) is 0 Å². The van der Waals surface area contributed by atoms with Crippen LogP contribution in [0.3, 0.4) is 0 Å². The van der Waals surface area contributed by atoms with E-state index in [1.807, 2.05) is 6.07 Å². The molecule has 0 bridgehead atoms. The maximum atomic E-state index is 13.7. The van der Waals surface area contributed by atoms with Crippen molar-refractivity contribution in [3.05, 3.63) is 63.6 Å². The van der Waals surface area contributed by atoms with Gasteiger partial charge in [-0.15, -0.1) is 0 Å². The second-order valence-corrected chi connectivity index (χ2v) is 7.59. The largest absolute Gasteiger partial charge is 0.493 e. The maximum absolute atomic E-state index is 13.7. The van der Waals surface area contributed by atoms with Crippen molar-refractivity contribution in [2.75, 3.05) is 20.8 Å². The van der Waals surface area contributed by atoms with E-state index in [1.54, 1.807) is 30.3 Å². The number of carboxylic acids is 1. The minimum Gasteiger partial charge on any atom is -0.493 e. The van der Waals surface area contributed by atoms with Gasteiger partial charge in [0.1, 0.15) is 0 Å². The van der Waals surface area contributed by atoms with Crippen molar-refractivity contribution in [3.8, 4) is 11.5 Å². The average molecular weight is 437 g/mol. The number of amides is 1. The van der Waals surface area contributed by atoms with Crippen LogP contribution in [0.25, 0.3) is 10.8 Å². The summed E-state index contributed by atoms with van der Waals surface area (Å²) in [5.74, 6) is -0.454. The van der Waals surface area contributed by atoms with Crippen molar-refractivity contribution in [1.82, 2.24) is 14.7 Å². The molecule has 0 aliphatic carbocycles. The lowest BCUT2D eigenvalue weighted by molar-refractivity contribution is -0.138. The first-order valence-corrected chi connectivity index (χ1v) is 10.1. The molecule has 1 atom stereocenters. The molecule has 1 aromatic heterocycles. The Balaban J connectivity index is 1.85. The molecular formula is C23H23N3O6. The number of carbonyl (C=O) groups is 2. The fourth-order valence-corrected chi connectivity index (χ4v) is 4.25. The summed E-state index contributed by atoms with van der Waals surface area (Å²) in [5.41, 5.74) is 1.40. The second kappa shape index (κ2) is 8.33. The van der Waals surface area contributed by atoms with Crippen LogP contribution >= 0.6 is 0 Å².